The SMILES string of the molecule is CCCCCNCC(C)C#N. The monoisotopic (exact) mass is 154 g/mol. The molecule has 1 unspecified atom stereocenters. The van der Waals surface area contributed by atoms with Crippen LogP contribution >= 0.6 is 0 Å². The first-order valence-electron chi connectivity index (χ1n) is 4.41. The van der Waals surface area contributed by atoms with Crippen LogP contribution in [0.4, 0.5) is 0 Å². The second-order valence-corrected chi connectivity index (χ2v) is 2.94. The van der Waals surface area contributed by atoms with E-state index in [1.54, 1.807) is 0 Å². The fourth-order valence-corrected chi connectivity index (χ4v) is 0.864. The maximum atomic E-state index is 8.45. The number of hydrogen-bond donors (Lipinski definition) is 1. The van der Waals surface area contributed by atoms with Crippen LogP contribution in [0.3, 0.4) is 0 Å². The third kappa shape index (κ3) is 7.35. The summed E-state index contributed by atoms with van der Waals surface area (Å²) in [6.45, 7) is 6.02. The van der Waals surface area contributed by atoms with Crippen molar-refractivity contribution in [2.75, 3.05) is 13.1 Å². The zero-order valence-corrected chi connectivity index (χ0v) is 7.56. The Balaban J connectivity index is 2.97. The summed E-state index contributed by atoms with van der Waals surface area (Å²) in [5, 5.41) is 11.7. The van der Waals surface area contributed by atoms with Gasteiger partial charge in [-0.25, -0.2) is 0 Å². The summed E-state index contributed by atoms with van der Waals surface area (Å²) < 4.78 is 0. The van der Waals surface area contributed by atoms with Crippen LogP contribution in [0.5, 0.6) is 0 Å². The van der Waals surface area contributed by atoms with Crippen molar-refractivity contribution in [3.8, 4) is 6.07 Å². The Morgan fingerprint density at radius 1 is 1.45 bits per heavy atom. The Labute approximate surface area is 69.6 Å². The van der Waals surface area contributed by atoms with E-state index in [1.807, 2.05) is 6.92 Å². The quantitative estimate of drug-likeness (QED) is 0.593. The van der Waals surface area contributed by atoms with E-state index in [0.29, 0.717) is 0 Å². The second-order valence-electron chi connectivity index (χ2n) is 2.94. The lowest BCUT2D eigenvalue weighted by atomic mass is 10.2. The van der Waals surface area contributed by atoms with Crippen molar-refractivity contribution in [1.29, 1.82) is 5.26 Å². The number of unbranched alkanes of at least 4 members (excludes halogenated alkanes) is 2. The lowest BCUT2D eigenvalue weighted by Crippen LogP contribution is -2.21. The molecule has 11 heavy (non-hydrogen) atoms. The Morgan fingerprint density at radius 2 is 2.18 bits per heavy atom. The first-order chi connectivity index (χ1) is 5.31. The summed E-state index contributed by atoms with van der Waals surface area (Å²) in [6, 6.07) is 2.19. The number of hydrogen-bond acceptors (Lipinski definition) is 2. The number of rotatable bonds is 6. The van der Waals surface area contributed by atoms with Crippen LogP contribution in [0.25, 0.3) is 0 Å². The molecular weight excluding hydrogens is 136 g/mol. The van der Waals surface area contributed by atoms with Gasteiger partial charge in [0.15, 0.2) is 0 Å². The standard InChI is InChI=1S/C9H18N2/c1-3-4-5-6-11-8-9(2)7-10/h9,11H,3-6,8H2,1-2H3. The van der Waals surface area contributed by atoms with Crippen LogP contribution in [0, 0.1) is 17.2 Å². The predicted octanol–water partition coefficient (Wildman–Crippen LogP) is 1.93. The van der Waals surface area contributed by atoms with Crippen LogP contribution in [-0.2, 0) is 0 Å². The van der Waals surface area contributed by atoms with Gasteiger partial charge in [0.2, 0.25) is 0 Å². The van der Waals surface area contributed by atoms with E-state index >= 15 is 0 Å². The number of nitrogens with one attached hydrogen (secondary N) is 1. The molecule has 0 bridgehead atoms. The maximum absolute atomic E-state index is 8.45. The second kappa shape index (κ2) is 7.56. The molecule has 0 rings (SSSR count). The molecule has 1 atom stereocenters. The van der Waals surface area contributed by atoms with E-state index in [-0.39, 0.29) is 5.92 Å². The first-order valence-corrected chi connectivity index (χ1v) is 4.41. The van der Waals surface area contributed by atoms with Crippen LogP contribution < -0.4 is 5.32 Å². The van der Waals surface area contributed by atoms with E-state index < -0.39 is 0 Å². The summed E-state index contributed by atoms with van der Waals surface area (Å²) in [4.78, 5) is 0. The van der Waals surface area contributed by atoms with Crippen LogP contribution in [0.1, 0.15) is 33.1 Å². The van der Waals surface area contributed by atoms with Gasteiger partial charge in [-0.05, 0) is 19.9 Å². The van der Waals surface area contributed by atoms with Gasteiger partial charge in [0.1, 0.15) is 0 Å². The highest BCUT2D eigenvalue weighted by molar-refractivity contribution is 4.79. The van der Waals surface area contributed by atoms with E-state index in [4.69, 9.17) is 5.26 Å². The Hall–Kier alpha value is -0.550. The summed E-state index contributed by atoms with van der Waals surface area (Å²) >= 11 is 0. The van der Waals surface area contributed by atoms with Gasteiger partial charge in [0.25, 0.3) is 0 Å². The van der Waals surface area contributed by atoms with Gasteiger partial charge >= 0.3 is 0 Å². The lowest BCUT2D eigenvalue weighted by molar-refractivity contribution is 0.569. The lowest BCUT2D eigenvalue weighted by Gasteiger charge is -2.04. The molecule has 0 aliphatic heterocycles. The van der Waals surface area contributed by atoms with Crippen molar-refractivity contribution < 1.29 is 0 Å². The van der Waals surface area contributed by atoms with E-state index in [2.05, 4.69) is 18.3 Å². The predicted molar refractivity (Wildman–Crippen MR) is 47.2 cm³/mol. The molecule has 0 spiro atoms. The fourth-order valence-electron chi connectivity index (χ4n) is 0.864. The minimum absolute atomic E-state index is 0.150. The topological polar surface area (TPSA) is 35.8 Å². The summed E-state index contributed by atoms with van der Waals surface area (Å²) in [6.07, 6.45) is 3.78. The van der Waals surface area contributed by atoms with Crippen molar-refractivity contribution >= 4 is 0 Å². The highest BCUT2D eigenvalue weighted by atomic mass is 14.8. The van der Waals surface area contributed by atoms with Gasteiger partial charge in [-0.15, -0.1) is 0 Å². The summed E-state index contributed by atoms with van der Waals surface area (Å²) in [7, 11) is 0. The molecule has 0 aliphatic rings. The van der Waals surface area contributed by atoms with E-state index in [0.717, 1.165) is 13.1 Å². The summed E-state index contributed by atoms with van der Waals surface area (Å²) in [5.74, 6) is 0.150. The van der Waals surface area contributed by atoms with Crippen LogP contribution in [0.2, 0.25) is 0 Å². The molecule has 0 radical (unpaired) electrons. The molecule has 0 saturated heterocycles. The van der Waals surface area contributed by atoms with Crippen molar-refractivity contribution in [3.63, 3.8) is 0 Å². The van der Waals surface area contributed by atoms with Crippen LogP contribution in [-0.4, -0.2) is 13.1 Å². The molecule has 0 aromatic heterocycles. The van der Waals surface area contributed by atoms with Gasteiger partial charge in [-0.2, -0.15) is 5.26 Å². The van der Waals surface area contributed by atoms with Crippen LogP contribution in [0.15, 0.2) is 0 Å². The first kappa shape index (κ1) is 10.4. The zero-order chi connectivity index (χ0) is 8.53. The highest BCUT2D eigenvalue weighted by Gasteiger charge is 1.96. The molecule has 0 aliphatic carbocycles. The minimum Gasteiger partial charge on any atom is -0.315 e. The maximum Gasteiger partial charge on any atom is 0.0666 e. The molecule has 1 N–H and O–H groups in total. The normalized spacial score (nSPS) is 12.5. The van der Waals surface area contributed by atoms with Crippen molar-refractivity contribution in [2.45, 2.75) is 33.1 Å². The molecule has 0 aromatic carbocycles. The van der Waals surface area contributed by atoms with Crippen molar-refractivity contribution in [2.24, 2.45) is 5.92 Å². The average Bonchev–Trinajstić information content (AvgIpc) is 2.04. The number of nitrogens with zero attached hydrogens (tertiary/aromatic N) is 1. The molecule has 64 valence electrons. The summed E-state index contributed by atoms with van der Waals surface area (Å²) in [5.41, 5.74) is 0. The van der Waals surface area contributed by atoms with Crippen molar-refractivity contribution in [3.05, 3.63) is 0 Å². The van der Waals surface area contributed by atoms with E-state index in [1.165, 1.54) is 19.3 Å². The third-order valence-electron chi connectivity index (χ3n) is 1.63. The Bertz CT molecular complexity index is 115. The third-order valence-corrected chi connectivity index (χ3v) is 1.63. The molecule has 2 nitrogen and oxygen atoms in total. The molecule has 2 heteroatoms. The average molecular weight is 154 g/mol. The van der Waals surface area contributed by atoms with Crippen molar-refractivity contribution in [1.82, 2.24) is 5.32 Å². The molecule has 0 saturated carbocycles. The molecule has 0 amide bonds. The molecule has 0 heterocycles. The van der Waals surface area contributed by atoms with Gasteiger partial charge in [-0.3, -0.25) is 0 Å². The fraction of sp³-hybridized carbons (Fsp3) is 0.889. The van der Waals surface area contributed by atoms with Gasteiger partial charge in [-0.1, -0.05) is 19.8 Å². The Kier molecular flexibility index (Phi) is 7.18. The highest BCUT2D eigenvalue weighted by Crippen LogP contribution is 1.92. The number of nitriles is 1. The minimum atomic E-state index is 0.150. The van der Waals surface area contributed by atoms with E-state index in [9.17, 15) is 0 Å². The zero-order valence-electron chi connectivity index (χ0n) is 7.56. The Morgan fingerprint density at radius 3 is 2.73 bits per heavy atom. The molecular formula is C9H18N2. The molecule has 0 aromatic rings. The largest absolute Gasteiger partial charge is 0.315 e. The van der Waals surface area contributed by atoms with Gasteiger partial charge in [0.05, 0.1) is 12.0 Å². The molecule has 0 fully saturated rings. The van der Waals surface area contributed by atoms with Gasteiger partial charge < -0.3 is 5.32 Å². The van der Waals surface area contributed by atoms with Gasteiger partial charge in [0, 0.05) is 6.54 Å². The smallest absolute Gasteiger partial charge is 0.0666 e.